The van der Waals surface area contributed by atoms with Crippen molar-refractivity contribution in [3.05, 3.63) is 22.9 Å². The van der Waals surface area contributed by atoms with Gasteiger partial charge in [0.15, 0.2) is 0 Å². The zero-order valence-corrected chi connectivity index (χ0v) is 8.82. The predicted octanol–water partition coefficient (Wildman–Crippen LogP) is 1.38. The maximum Gasteiger partial charge on any atom is 0.411 e. The molecule has 5 nitrogen and oxygen atoms in total. The summed E-state index contributed by atoms with van der Waals surface area (Å²) in [5.41, 5.74) is 0.530. The molecule has 0 aliphatic heterocycles. The summed E-state index contributed by atoms with van der Waals surface area (Å²) in [6, 6.07) is 1.69. The first-order chi connectivity index (χ1) is 6.72. The summed E-state index contributed by atoms with van der Waals surface area (Å²) in [6.07, 6.45) is 2.48. The van der Waals surface area contributed by atoms with Gasteiger partial charge >= 0.3 is 6.09 Å². The van der Waals surface area contributed by atoms with Gasteiger partial charge in [0, 0.05) is 10.7 Å². The highest BCUT2D eigenvalue weighted by Crippen LogP contribution is 2.13. The summed E-state index contributed by atoms with van der Waals surface area (Å²) in [7, 11) is 0. The number of hydrogen-bond acceptors (Lipinski definition) is 4. The second-order valence-corrected chi connectivity index (χ2v) is 3.29. The molecule has 1 rings (SSSR count). The topological polar surface area (TPSA) is 71.5 Å². The van der Waals surface area contributed by atoms with Crippen LogP contribution >= 0.6 is 15.9 Å². The van der Waals surface area contributed by atoms with Crippen LogP contribution in [0.5, 0.6) is 0 Å². The lowest BCUT2D eigenvalue weighted by Crippen LogP contribution is -2.15. The molecular weight excluding hydrogens is 252 g/mol. The molecule has 1 amide bonds. The fraction of sp³-hybridized carbons (Fsp3) is 0.250. The third kappa shape index (κ3) is 3.71. The second-order valence-electron chi connectivity index (χ2n) is 2.38. The fourth-order valence-corrected chi connectivity index (χ4v) is 1.14. The van der Waals surface area contributed by atoms with Crippen molar-refractivity contribution < 1.29 is 14.6 Å². The predicted molar refractivity (Wildman–Crippen MR) is 54.0 cm³/mol. The Bertz CT molecular complexity index is 319. The van der Waals surface area contributed by atoms with E-state index in [0.717, 1.165) is 4.47 Å². The number of nitrogens with zero attached hydrogens (tertiary/aromatic N) is 1. The van der Waals surface area contributed by atoms with Crippen LogP contribution in [0.25, 0.3) is 0 Å². The Morgan fingerprint density at radius 2 is 2.43 bits per heavy atom. The quantitative estimate of drug-likeness (QED) is 0.862. The number of carbonyl (C=O) groups is 1. The molecule has 2 N–H and O–H groups in total. The molecule has 1 heterocycles. The van der Waals surface area contributed by atoms with Crippen LogP contribution < -0.4 is 5.32 Å². The summed E-state index contributed by atoms with van der Waals surface area (Å²) < 4.78 is 5.35. The number of carbonyl (C=O) groups excluding carboxylic acids is 1. The monoisotopic (exact) mass is 260 g/mol. The molecule has 0 spiro atoms. The molecule has 0 aliphatic carbocycles. The van der Waals surface area contributed by atoms with Crippen molar-refractivity contribution in [3.63, 3.8) is 0 Å². The minimum Gasteiger partial charge on any atom is -0.447 e. The molecule has 1 aromatic rings. The molecule has 0 atom stereocenters. The summed E-state index contributed by atoms with van der Waals surface area (Å²) in [6.45, 7) is -0.211. The minimum atomic E-state index is -0.612. The first kappa shape index (κ1) is 10.9. The Morgan fingerprint density at radius 3 is 3.07 bits per heavy atom. The van der Waals surface area contributed by atoms with Crippen LogP contribution in [0.1, 0.15) is 0 Å². The van der Waals surface area contributed by atoms with Gasteiger partial charge in [-0.2, -0.15) is 0 Å². The van der Waals surface area contributed by atoms with E-state index in [1.807, 2.05) is 0 Å². The number of amides is 1. The normalized spacial score (nSPS) is 9.57. The minimum absolute atomic E-state index is 0.0206. The van der Waals surface area contributed by atoms with Gasteiger partial charge in [-0.05, 0) is 22.0 Å². The number of hydrogen-bond donors (Lipinski definition) is 2. The average Bonchev–Trinajstić information content (AvgIpc) is 2.15. The van der Waals surface area contributed by atoms with Crippen LogP contribution in [-0.4, -0.2) is 29.4 Å². The lowest BCUT2D eigenvalue weighted by molar-refractivity contribution is 0.131. The van der Waals surface area contributed by atoms with E-state index in [0.29, 0.717) is 5.69 Å². The summed E-state index contributed by atoms with van der Waals surface area (Å²) in [5, 5.41) is 10.9. The van der Waals surface area contributed by atoms with Crippen molar-refractivity contribution in [1.29, 1.82) is 0 Å². The van der Waals surface area contributed by atoms with Gasteiger partial charge in [-0.3, -0.25) is 10.3 Å². The van der Waals surface area contributed by atoms with Gasteiger partial charge in [-0.25, -0.2) is 4.79 Å². The SMILES string of the molecule is O=C(Nc1cncc(Br)c1)OCCO. The number of halogens is 1. The molecule has 1 aromatic heterocycles. The van der Waals surface area contributed by atoms with E-state index in [1.165, 1.54) is 6.20 Å². The van der Waals surface area contributed by atoms with Gasteiger partial charge in [-0.15, -0.1) is 0 Å². The molecule has 14 heavy (non-hydrogen) atoms. The number of aliphatic hydroxyl groups is 1. The van der Waals surface area contributed by atoms with E-state index in [9.17, 15) is 4.79 Å². The van der Waals surface area contributed by atoms with Crippen molar-refractivity contribution >= 4 is 27.7 Å². The van der Waals surface area contributed by atoms with Crippen molar-refractivity contribution in [2.75, 3.05) is 18.5 Å². The van der Waals surface area contributed by atoms with Crippen LogP contribution in [0.2, 0.25) is 0 Å². The van der Waals surface area contributed by atoms with Crippen LogP contribution in [0.3, 0.4) is 0 Å². The molecule has 0 unspecified atom stereocenters. The zero-order valence-electron chi connectivity index (χ0n) is 7.24. The highest BCUT2D eigenvalue weighted by molar-refractivity contribution is 9.10. The van der Waals surface area contributed by atoms with E-state index in [-0.39, 0.29) is 13.2 Å². The maximum absolute atomic E-state index is 11.0. The van der Waals surface area contributed by atoms with Crippen molar-refractivity contribution in [1.82, 2.24) is 4.98 Å². The first-order valence-corrected chi connectivity index (χ1v) is 4.67. The van der Waals surface area contributed by atoms with Crippen LogP contribution in [0.15, 0.2) is 22.9 Å². The number of anilines is 1. The fourth-order valence-electron chi connectivity index (χ4n) is 0.772. The molecule has 76 valence electrons. The molecule has 0 saturated carbocycles. The molecule has 6 heteroatoms. The van der Waals surface area contributed by atoms with Crippen LogP contribution in [0.4, 0.5) is 10.5 Å². The molecule has 0 radical (unpaired) electrons. The van der Waals surface area contributed by atoms with Gasteiger partial charge in [0.25, 0.3) is 0 Å². The van der Waals surface area contributed by atoms with E-state index in [2.05, 4.69) is 31.0 Å². The molecule has 0 bridgehead atoms. The Hall–Kier alpha value is -1.14. The van der Waals surface area contributed by atoms with Crippen LogP contribution in [-0.2, 0) is 4.74 Å². The average molecular weight is 261 g/mol. The molecule has 0 aliphatic rings. The summed E-state index contributed by atoms with van der Waals surface area (Å²) >= 11 is 3.21. The molecule has 0 aromatic carbocycles. The molecule has 0 fully saturated rings. The summed E-state index contributed by atoms with van der Waals surface area (Å²) in [4.78, 5) is 14.8. The van der Waals surface area contributed by atoms with Crippen molar-refractivity contribution in [2.24, 2.45) is 0 Å². The number of aromatic nitrogens is 1. The van der Waals surface area contributed by atoms with E-state index in [1.54, 1.807) is 12.3 Å². The van der Waals surface area contributed by atoms with Gasteiger partial charge in [-0.1, -0.05) is 0 Å². The number of aliphatic hydroxyl groups excluding tert-OH is 1. The van der Waals surface area contributed by atoms with Gasteiger partial charge in [0.1, 0.15) is 6.61 Å². The first-order valence-electron chi connectivity index (χ1n) is 3.87. The maximum atomic E-state index is 11.0. The van der Waals surface area contributed by atoms with Gasteiger partial charge in [0.05, 0.1) is 18.5 Å². The molecular formula is C8H9BrN2O3. The second kappa shape index (κ2) is 5.56. The van der Waals surface area contributed by atoms with E-state index >= 15 is 0 Å². The van der Waals surface area contributed by atoms with E-state index < -0.39 is 6.09 Å². The lowest BCUT2D eigenvalue weighted by atomic mass is 10.4. The zero-order chi connectivity index (χ0) is 10.4. The lowest BCUT2D eigenvalue weighted by Gasteiger charge is -2.04. The van der Waals surface area contributed by atoms with E-state index in [4.69, 9.17) is 5.11 Å². The van der Waals surface area contributed by atoms with Gasteiger partial charge < -0.3 is 9.84 Å². The third-order valence-electron chi connectivity index (χ3n) is 1.28. The number of nitrogens with one attached hydrogen (secondary N) is 1. The number of pyridine rings is 1. The highest BCUT2D eigenvalue weighted by Gasteiger charge is 2.02. The standard InChI is InChI=1S/C8H9BrN2O3/c9-6-3-7(5-10-4-6)11-8(13)14-2-1-12/h3-5,12H,1-2H2,(H,11,13). The Labute approximate surface area is 89.2 Å². The summed E-state index contributed by atoms with van der Waals surface area (Å²) in [5.74, 6) is 0. The smallest absolute Gasteiger partial charge is 0.411 e. The van der Waals surface area contributed by atoms with Gasteiger partial charge in [0.2, 0.25) is 0 Å². The van der Waals surface area contributed by atoms with Crippen molar-refractivity contribution in [2.45, 2.75) is 0 Å². The number of ether oxygens (including phenoxy) is 1. The largest absolute Gasteiger partial charge is 0.447 e. The molecule has 0 saturated heterocycles. The van der Waals surface area contributed by atoms with Crippen LogP contribution in [0, 0.1) is 0 Å². The third-order valence-corrected chi connectivity index (χ3v) is 1.71. The number of rotatable bonds is 3. The Morgan fingerprint density at radius 1 is 1.64 bits per heavy atom. The Balaban J connectivity index is 2.47. The highest BCUT2D eigenvalue weighted by atomic mass is 79.9. The van der Waals surface area contributed by atoms with Crippen molar-refractivity contribution in [3.8, 4) is 0 Å². The Kier molecular flexibility index (Phi) is 4.34.